The van der Waals surface area contributed by atoms with E-state index in [2.05, 4.69) is 15.4 Å². The van der Waals surface area contributed by atoms with Crippen molar-refractivity contribution in [2.24, 2.45) is 0 Å². The lowest BCUT2D eigenvalue weighted by atomic mass is 10.1. The summed E-state index contributed by atoms with van der Waals surface area (Å²) >= 11 is 0. The highest BCUT2D eigenvalue weighted by Gasteiger charge is 2.15. The van der Waals surface area contributed by atoms with E-state index >= 15 is 0 Å². The van der Waals surface area contributed by atoms with Crippen LogP contribution in [0.4, 0.5) is 23.7 Å². The molecule has 0 saturated carbocycles. The molecule has 146 valence electrons. The molecule has 6 nitrogen and oxygen atoms in total. The molecule has 27 heavy (non-hydrogen) atoms. The van der Waals surface area contributed by atoms with Gasteiger partial charge in [0.1, 0.15) is 0 Å². The zero-order chi connectivity index (χ0) is 20.0. The lowest BCUT2D eigenvalue weighted by Crippen LogP contribution is -2.31. The molecule has 2 N–H and O–H groups in total. The van der Waals surface area contributed by atoms with Crippen LogP contribution >= 0.6 is 0 Å². The molecule has 0 saturated heterocycles. The molecule has 0 aliphatic rings. The Balaban J connectivity index is 2.05. The number of nitrogens with one attached hydrogen (secondary N) is 2. The lowest BCUT2D eigenvalue weighted by molar-refractivity contribution is -0.0511. The van der Waals surface area contributed by atoms with Gasteiger partial charge < -0.3 is 24.8 Å². The Bertz CT molecular complexity index is 802. The van der Waals surface area contributed by atoms with E-state index in [1.807, 2.05) is 0 Å². The second-order valence-corrected chi connectivity index (χ2v) is 5.46. The lowest BCUT2D eigenvalue weighted by Gasteiger charge is -2.17. The first kappa shape index (κ1) is 20.2. The second kappa shape index (κ2) is 9.02. The van der Waals surface area contributed by atoms with Crippen LogP contribution in [0.2, 0.25) is 0 Å². The topological polar surface area (TPSA) is 68.8 Å². The summed E-state index contributed by atoms with van der Waals surface area (Å²) in [6.45, 7) is -1.37. The molecule has 1 atom stereocenters. The molecule has 2 rings (SSSR count). The summed E-state index contributed by atoms with van der Waals surface area (Å²) in [6.07, 6.45) is 0. The van der Waals surface area contributed by atoms with Gasteiger partial charge in [-0.25, -0.2) is 9.18 Å². The van der Waals surface area contributed by atoms with Crippen molar-refractivity contribution in [1.82, 2.24) is 5.32 Å². The summed E-state index contributed by atoms with van der Waals surface area (Å²) in [5, 5.41) is 5.12. The Kier molecular flexibility index (Phi) is 6.75. The Morgan fingerprint density at radius 2 is 1.67 bits per heavy atom. The molecule has 0 heterocycles. The van der Waals surface area contributed by atoms with E-state index in [1.165, 1.54) is 44.6 Å². The summed E-state index contributed by atoms with van der Waals surface area (Å²) < 4.78 is 52.8. The third-order valence-electron chi connectivity index (χ3n) is 3.66. The number of anilines is 1. The average molecular weight is 384 g/mol. The molecule has 0 aliphatic heterocycles. The number of rotatable bonds is 7. The number of halogens is 3. The third-order valence-corrected chi connectivity index (χ3v) is 3.66. The zero-order valence-corrected chi connectivity index (χ0v) is 14.9. The summed E-state index contributed by atoms with van der Waals surface area (Å²) in [4.78, 5) is 12.1. The molecule has 2 aromatic rings. The number of methoxy groups -OCH3 is 2. The first-order valence-electron chi connectivity index (χ1n) is 7.87. The standard InChI is InChI=1S/C18H19F3N2O4/c1-10(11-4-6-14(25-2)13(19)8-11)22-18(24)23-12-5-7-15(26-3)16(9-12)27-17(20)21/h4-10,17H,1-3H3,(H2,22,23,24)/t10-/m0/s1. The maximum absolute atomic E-state index is 13.8. The Morgan fingerprint density at radius 1 is 1.00 bits per heavy atom. The van der Waals surface area contributed by atoms with Crippen LogP contribution in [0, 0.1) is 5.82 Å². The maximum Gasteiger partial charge on any atom is 0.387 e. The van der Waals surface area contributed by atoms with Gasteiger partial charge in [-0.15, -0.1) is 0 Å². The van der Waals surface area contributed by atoms with Crippen molar-refractivity contribution in [3.8, 4) is 17.2 Å². The molecular weight excluding hydrogens is 365 g/mol. The quantitative estimate of drug-likeness (QED) is 0.746. The molecule has 0 fully saturated rings. The number of hydrogen-bond donors (Lipinski definition) is 2. The maximum atomic E-state index is 13.8. The van der Waals surface area contributed by atoms with Crippen molar-refractivity contribution in [3.63, 3.8) is 0 Å². The second-order valence-electron chi connectivity index (χ2n) is 5.46. The minimum atomic E-state index is -3.03. The van der Waals surface area contributed by atoms with Crippen LogP contribution in [-0.4, -0.2) is 26.9 Å². The first-order valence-corrected chi connectivity index (χ1v) is 7.87. The summed E-state index contributed by atoms with van der Waals surface area (Å²) in [7, 11) is 2.66. The van der Waals surface area contributed by atoms with E-state index in [-0.39, 0.29) is 22.9 Å². The van der Waals surface area contributed by atoms with Gasteiger partial charge >= 0.3 is 12.6 Å². The van der Waals surface area contributed by atoms with E-state index in [0.29, 0.717) is 5.56 Å². The summed E-state index contributed by atoms with van der Waals surface area (Å²) in [5.41, 5.74) is 0.747. The van der Waals surface area contributed by atoms with Crippen molar-refractivity contribution in [2.75, 3.05) is 19.5 Å². The predicted octanol–water partition coefficient (Wildman–Crippen LogP) is 4.33. The fraction of sp³-hybridized carbons (Fsp3) is 0.278. The zero-order valence-electron chi connectivity index (χ0n) is 14.9. The average Bonchev–Trinajstić information content (AvgIpc) is 2.61. The highest BCUT2D eigenvalue weighted by atomic mass is 19.3. The number of carbonyl (C=O) groups is 1. The molecule has 0 aromatic heterocycles. The molecule has 0 bridgehead atoms. The number of benzene rings is 2. The number of carbonyl (C=O) groups excluding carboxylic acids is 1. The number of hydrogen-bond acceptors (Lipinski definition) is 4. The largest absolute Gasteiger partial charge is 0.494 e. The Morgan fingerprint density at radius 3 is 2.26 bits per heavy atom. The van der Waals surface area contributed by atoms with Gasteiger partial charge in [0.05, 0.1) is 20.3 Å². The van der Waals surface area contributed by atoms with Crippen LogP contribution in [0.5, 0.6) is 17.2 Å². The van der Waals surface area contributed by atoms with E-state index in [4.69, 9.17) is 9.47 Å². The fourth-order valence-corrected chi connectivity index (χ4v) is 2.34. The predicted molar refractivity (Wildman–Crippen MR) is 93.1 cm³/mol. The van der Waals surface area contributed by atoms with Gasteiger partial charge in [-0.3, -0.25) is 0 Å². The Hall–Kier alpha value is -3.10. The van der Waals surface area contributed by atoms with Gasteiger partial charge in [-0.05, 0) is 36.8 Å². The van der Waals surface area contributed by atoms with Crippen LogP contribution in [0.1, 0.15) is 18.5 Å². The highest BCUT2D eigenvalue weighted by Crippen LogP contribution is 2.31. The molecule has 0 spiro atoms. The number of amides is 2. The first-order chi connectivity index (χ1) is 12.8. The van der Waals surface area contributed by atoms with Crippen LogP contribution < -0.4 is 24.8 Å². The molecule has 0 aliphatic carbocycles. The van der Waals surface area contributed by atoms with Crippen LogP contribution in [0.25, 0.3) is 0 Å². The van der Waals surface area contributed by atoms with Crippen molar-refractivity contribution in [2.45, 2.75) is 19.6 Å². The van der Waals surface area contributed by atoms with Crippen LogP contribution in [-0.2, 0) is 0 Å². The summed E-state index contributed by atoms with van der Waals surface area (Å²) in [6, 6.07) is 7.28. The van der Waals surface area contributed by atoms with Gasteiger partial charge in [0, 0.05) is 11.8 Å². The van der Waals surface area contributed by atoms with Crippen molar-refractivity contribution in [3.05, 3.63) is 47.8 Å². The Labute approximate surface area is 154 Å². The number of alkyl halides is 2. The third kappa shape index (κ3) is 5.44. The monoisotopic (exact) mass is 384 g/mol. The van der Waals surface area contributed by atoms with Crippen LogP contribution in [0.3, 0.4) is 0 Å². The van der Waals surface area contributed by atoms with Crippen molar-refractivity contribution in [1.29, 1.82) is 0 Å². The minimum Gasteiger partial charge on any atom is -0.494 e. The number of ether oxygens (including phenoxy) is 3. The fourth-order valence-electron chi connectivity index (χ4n) is 2.34. The molecule has 0 unspecified atom stereocenters. The summed E-state index contributed by atoms with van der Waals surface area (Å²) in [5.74, 6) is -0.563. The van der Waals surface area contributed by atoms with Gasteiger partial charge in [0.2, 0.25) is 0 Å². The SMILES string of the molecule is COc1ccc([C@H](C)NC(=O)Nc2ccc(OC)c(OC(F)F)c2)cc1F. The van der Waals surface area contributed by atoms with Gasteiger partial charge in [0.15, 0.2) is 23.1 Å². The van der Waals surface area contributed by atoms with Gasteiger partial charge in [-0.2, -0.15) is 8.78 Å². The molecule has 2 amide bonds. The smallest absolute Gasteiger partial charge is 0.387 e. The van der Waals surface area contributed by atoms with E-state index in [1.54, 1.807) is 13.0 Å². The molecule has 0 radical (unpaired) electrons. The number of urea groups is 1. The minimum absolute atomic E-state index is 0.0974. The van der Waals surface area contributed by atoms with Crippen LogP contribution in [0.15, 0.2) is 36.4 Å². The molecular formula is C18H19F3N2O4. The van der Waals surface area contributed by atoms with E-state index in [9.17, 15) is 18.0 Å². The molecule has 2 aromatic carbocycles. The van der Waals surface area contributed by atoms with E-state index < -0.39 is 24.5 Å². The van der Waals surface area contributed by atoms with Gasteiger partial charge in [-0.1, -0.05) is 6.07 Å². The van der Waals surface area contributed by atoms with Crippen molar-refractivity contribution < 1.29 is 32.2 Å². The highest BCUT2D eigenvalue weighted by molar-refractivity contribution is 5.89. The van der Waals surface area contributed by atoms with Crippen molar-refractivity contribution >= 4 is 11.7 Å². The normalized spacial score (nSPS) is 11.7. The molecule has 9 heteroatoms. The van der Waals surface area contributed by atoms with Gasteiger partial charge in [0.25, 0.3) is 0 Å². The van der Waals surface area contributed by atoms with E-state index in [0.717, 1.165) is 0 Å².